The van der Waals surface area contributed by atoms with Crippen LogP contribution in [-0.2, 0) is 6.18 Å². The number of urea groups is 1. The van der Waals surface area contributed by atoms with Crippen molar-refractivity contribution in [1.82, 2.24) is 9.99 Å². The van der Waals surface area contributed by atoms with Gasteiger partial charge in [-0.3, -0.25) is 0 Å². The fourth-order valence-corrected chi connectivity index (χ4v) is 4.12. The summed E-state index contributed by atoms with van der Waals surface area (Å²) < 4.78 is 93.2. The first-order valence-electron chi connectivity index (χ1n) is 9.71. The van der Waals surface area contributed by atoms with Gasteiger partial charge in [-0.05, 0) is 42.0 Å². The molecule has 0 radical (unpaired) electrons. The van der Waals surface area contributed by atoms with Crippen LogP contribution in [-0.4, -0.2) is 34.6 Å². The molecular weight excluding hydrogens is 505 g/mol. The highest BCUT2D eigenvalue weighted by atomic mass is 32.1. The van der Waals surface area contributed by atoms with E-state index in [1.807, 2.05) is 0 Å². The molecule has 3 aromatic rings. The molecule has 35 heavy (non-hydrogen) atoms. The molecule has 0 saturated carbocycles. The van der Waals surface area contributed by atoms with Crippen molar-refractivity contribution in [3.8, 4) is 5.75 Å². The molecule has 0 saturated heterocycles. The maximum Gasteiger partial charge on any atom is 0.573 e. The maximum absolute atomic E-state index is 13.4. The number of amides is 2. The van der Waals surface area contributed by atoms with Crippen molar-refractivity contribution in [3.63, 3.8) is 0 Å². The molecule has 1 N–H and O–H groups in total. The van der Waals surface area contributed by atoms with Crippen LogP contribution in [0, 0.1) is 5.82 Å². The number of alkyl halides is 6. The Bertz CT molecular complexity index is 1240. The number of nitrogens with zero attached hydrogens (tertiary/aromatic N) is 3. The lowest BCUT2D eigenvalue weighted by Crippen LogP contribution is -2.30. The van der Waals surface area contributed by atoms with Crippen molar-refractivity contribution >= 4 is 28.8 Å². The van der Waals surface area contributed by atoms with E-state index in [-0.39, 0.29) is 22.8 Å². The second-order valence-corrected chi connectivity index (χ2v) is 8.26. The second-order valence-electron chi connectivity index (χ2n) is 7.19. The molecule has 1 unspecified atom stereocenters. The van der Waals surface area contributed by atoms with E-state index in [2.05, 4.69) is 20.1 Å². The Balaban J connectivity index is 1.56. The third-order valence-electron chi connectivity index (χ3n) is 4.74. The molecule has 1 atom stereocenters. The highest BCUT2D eigenvalue weighted by molar-refractivity contribution is 7.12. The number of hydrogen-bond acceptors (Lipinski definition) is 5. The van der Waals surface area contributed by atoms with Crippen molar-refractivity contribution in [1.29, 1.82) is 0 Å². The molecule has 184 valence electrons. The number of carbonyl (C=O) groups excluding carboxylic acids is 1. The predicted molar refractivity (Wildman–Crippen MR) is 112 cm³/mol. The van der Waals surface area contributed by atoms with Gasteiger partial charge in [-0.1, -0.05) is 12.1 Å². The Labute approximate surface area is 196 Å². The first-order chi connectivity index (χ1) is 16.4. The van der Waals surface area contributed by atoms with E-state index in [1.165, 1.54) is 24.3 Å². The molecule has 4 rings (SSSR count). The summed E-state index contributed by atoms with van der Waals surface area (Å²) in [7, 11) is 0. The molecule has 1 aliphatic rings. The number of ether oxygens (including phenoxy) is 1. The lowest BCUT2D eigenvalue weighted by Gasteiger charge is -2.15. The molecule has 1 aliphatic heterocycles. The Morgan fingerprint density at radius 1 is 1.03 bits per heavy atom. The van der Waals surface area contributed by atoms with E-state index in [0.29, 0.717) is 16.9 Å². The number of rotatable bonds is 4. The van der Waals surface area contributed by atoms with Crippen molar-refractivity contribution in [2.75, 3.05) is 11.9 Å². The topological polar surface area (TPSA) is 66.8 Å². The minimum Gasteiger partial charge on any atom is -0.406 e. The Morgan fingerprint density at radius 3 is 2.26 bits per heavy atom. The highest BCUT2D eigenvalue weighted by Crippen LogP contribution is 2.38. The lowest BCUT2D eigenvalue weighted by molar-refractivity contribution is -0.274. The average Bonchev–Trinajstić information content (AvgIpc) is 3.42. The molecule has 6 nitrogen and oxygen atoms in total. The molecule has 0 spiro atoms. The molecule has 2 amide bonds. The highest BCUT2D eigenvalue weighted by Gasteiger charge is 2.38. The summed E-state index contributed by atoms with van der Waals surface area (Å²) in [5.74, 6) is -1.80. The molecule has 14 heteroatoms. The van der Waals surface area contributed by atoms with Crippen LogP contribution in [0.4, 0.5) is 41.2 Å². The predicted octanol–water partition coefficient (Wildman–Crippen LogP) is 6.24. The fourth-order valence-electron chi connectivity index (χ4n) is 3.24. The van der Waals surface area contributed by atoms with Crippen molar-refractivity contribution < 1.29 is 40.3 Å². The lowest BCUT2D eigenvalue weighted by atomic mass is 9.96. The van der Waals surface area contributed by atoms with E-state index >= 15 is 0 Å². The summed E-state index contributed by atoms with van der Waals surface area (Å²) in [6.07, 6.45) is -8.46. The van der Waals surface area contributed by atoms with Crippen molar-refractivity contribution in [3.05, 3.63) is 76.0 Å². The smallest absolute Gasteiger partial charge is 0.406 e. The zero-order chi connectivity index (χ0) is 25.4. The summed E-state index contributed by atoms with van der Waals surface area (Å²) in [5.41, 5.74) is 0.748. The second kappa shape index (κ2) is 9.17. The van der Waals surface area contributed by atoms with Crippen LogP contribution in [0.25, 0.3) is 0 Å². The van der Waals surface area contributed by atoms with Gasteiger partial charge in [-0.2, -0.15) is 18.3 Å². The van der Waals surface area contributed by atoms with Crippen molar-refractivity contribution in [2.45, 2.75) is 18.5 Å². The number of thiazole rings is 1. The molecule has 2 heterocycles. The first-order valence-corrected chi connectivity index (χ1v) is 10.5. The Kier molecular flexibility index (Phi) is 6.40. The third-order valence-corrected chi connectivity index (χ3v) is 5.89. The molecule has 0 aliphatic carbocycles. The first kappa shape index (κ1) is 24.4. The fraction of sp³-hybridized carbons (Fsp3) is 0.190. The van der Waals surface area contributed by atoms with Crippen LogP contribution in [0.1, 0.15) is 21.4 Å². The number of benzene rings is 2. The standard InChI is InChI=1S/C21H13F7N4O2S/c22-12-3-1-11(2-4-12)17-15(16-9-29-18(35-16)20(23,24)25)10-32(31-17)19(33)30-13-5-7-14(8-6-13)34-21(26,27)28/h1-9,15H,10H2,(H,30,33). The molecule has 0 fully saturated rings. The number of hydrogen-bond donors (Lipinski definition) is 1. The largest absolute Gasteiger partial charge is 0.573 e. The number of anilines is 1. The minimum absolute atomic E-state index is 0.128. The van der Waals surface area contributed by atoms with Gasteiger partial charge in [-0.25, -0.2) is 19.2 Å². The van der Waals surface area contributed by atoms with Crippen LogP contribution < -0.4 is 10.1 Å². The summed E-state index contributed by atoms with van der Waals surface area (Å²) in [4.78, 5) is 16.4. The van der Waals surface area contributed by atoms with Crippen LogP contribution in [0.3, 0.4) is 0 Å². The Hall–Kier alpha value is -3.68. The van der Waals surface area contributed by atoms with Crippen molar-refractivity contribution in [2.24, 2.45) is 5.10 Å². The van der Waals surface area contributed by atoms with E-state index in [0.717, 1.165) is 35.5 Å². The van der Waals surface area contributed by atoms with Gasteiger partial charge in [0.1, 0.15) is 11.6 Å². The van der Waals surface area contributed by atoms with Gasteiger partial charge in [0.05, 0.1) is 18.2 Å². The zero-order valence-electron chi connectivity index (χ0n) is 17.2. The van der Waals surface area contributed by atoms with Crippen LogP contribution in [0.2, 0.25) is 0 Å². The normalized spacial score (nSPS) is 16.3. The van der Waals surface area contributed by atoms with Gasteiger partial charge in [0.25, 0.3) is 0 Å². The van der Waals surface area contributed by atoms with Gasteiger partial charge in [0.15, 0.2) is 5.01 Å². The summed E-state index contributed by atoms with van der Waals surface area (Å²) in [5, 5.41) is 6.57. The summed E-state index contributed by atoms with van der Waals surface area (Å²) in [6.45, 7) is -0.146. The van der Waals surface area contributed by atoms with E-state index < -0.39 is 41.1 Å². The quantitative estimate of drug-likeness (QED) is 0.416. The molecular formula is C21H13F7N4O2S. The third kappa shape index (κ3) is 5.88. The zero-order valence-corrected chi connectivity index (χ0v) is 18.0. The number of aromatic nitrogens is 1. The van der Waals surface area contributed by atoms with E-state index in [9.17, 15) is 35.5 Å². The van der Waals surface area contributed by atoms with Gasteiger partial charge >= 0.3 is 18.6 Å². The van der Waals surface area contributed by atoms with E-state index in [1.54, 1.807) is 0 Å². The van der Waals surface area contributed by atoms with Gasteiger partial charge in [0.2, 0.25) is 0 Å². The SMILES string of the molecule is O=C(Nc1ccc(OC(F)(F)F)cc1)N1CC(c2cnc(C(F)(F)F)s2)C(c2ccc(F)cc2)=N1. The molecule has 0 bridgehead atoms. The van der Waals surface area contributed by atoms with Gasteiger partial charge in [0, 0.05) is 16.8 Å². The minimum atomic E-state index is -4.87. The number of nitrogens with one attached hydrogen (secondary N) is 1. The summed E-state index contributed by atoms with van der Waals surface area (Å²) >= 11 is 0.407. The Morgan fingerprint density at radius 2 is 1.69 bits per heavy atom. The average molecular weight is 518 g/mol. The number of halogens is 7. The monoisotopic (exact) mass is 518 g/mol. The van der Waals surface area contributed by atoms with Gasteiger partial charge in [-0.15, -0.1) is 24.5 Å². The van der Waals surface area contributed by atoms with E-state index in [4.69, 9.17) is 0 Å². The summed E-state index contributed by atoms with van der Waals surface area (Å²) in [6, 6.07) is 8.63. The van der Waals surface area contributed by atoms with Crippen LogP contribution >= 0.6 is 11.3 Å². The molecule has 1 aromatic heterocycles. The van der Waals surface area contributed by atoms with Crippen LogP contribution in [0.15, 0.2) is 59.8 Å². The van der Waals surface area contributed by atoms with Gasteiger partial charge < -0.3 is 10.1 Å². The molecule has 2 aromatic carbocycles. The number of hydrazone groups is 1. The maximum atomic E-state index is 13.4. The number of carbonyl (C=O) groups is 1. The van der Waals surface area contributed by atoms with Crippen LogP contribution in [0.5, 0.6) is 5.75 Å².